The van der Waals surface area contributed by atoms with Crippen molar-refractivity contribution in [3.05, 3.63) is 48.6 Å². The second kappa shape index (κ2) is 39.9. The lowest BCUT2D eigenvalue weighted by Gasteiger charge is -2.26. The number of aliphatic hydroxyl groups is 1. The standard InChI is InChI=1S/C48H91N2O6P/c1-6-8-10-12-14-16-18-19-20-21-22-23-24-25-26-27-28-29-30-31-32-34-36-38-40-42-48(52)49-46(45-56-57(53,54)55-44-43-50(3,4)5)47(51)41-39-37-35-33-17-15-13-11-9-7-2/h8,10,14,16,19-20,22-23,46-47,51H,6-7,9,11-13,15,17-18,21,24-45H2,1-5H3,(H-,49,52,53,54)/p+1/b10-8-,16-14-,20-19-,23-22-. The molecule has 0 aliphatic heterocycles. The highest BCUT2D eigenvalue weighted by Gasteiger charge is 2.28. The van der Waals surface area contributed by atoms with Gasteiger partial charge in [0, 0.05) is 6.42 Å². The van der Waals surface area contributed by atoms with Gasteiger partial charge >= 0.3 is 7.82 Å². The Bertz CT molecular complexity index is 1070. The molecule has 0 saturated heterocycles. The second-order valence-corrected chi connectivity index (χ2v) is 18.6. The lowest BCUT2D eigenvalue weighted by atomic mass is 10.0. The van der Waals surface area contributed by atoms with Crippen LogP contribution in [0.15, 0.2) is 48.6 Å². The topological polar surface area (TPSA) is 105 Å². The van der Waals surface area contributed by atoms with Gasteiger partial charge < -0.3 is 19.8 Å². The number of allylic oxidation sites excluding steroid dienone is 8. The van der Waals surface area contributed by atoms with Gasteiger partial charge in [-0.05, 0) is 51.4 Å². The fourth-order valence-electron chi connectivity index (χ4n) is 6.62. The molecule has 0 aromatic rings. The van der Waals surface area contributed by atoms with Crippen molar-refractivity contribution in [2.24, 2.45) is 0 Å². The molecule has 3 unspecified atom stereocenters. The van der Waals surface area contributed by atoms with E-state index in [-0.39, 0.29) is 19.1 Å². The van der Waals surface area contributed by atoms with Crippen LogP contribution in [0, 0.1) is 0 Å². The van der Waals surface area contributed by atoms with Crippen LogP contribution in [0.5, 0.6) is 0 Å². The molecule has 9 heteroatoms. The van der Waals surface area contributed by atoms with Crippen molar-refractivity contribution in [3.63, 3.8) is 0 Å². The summed E-state index contributed by atoms with van der Waals surface area (Å²) >= 11 is 0. The average molecular weight is 824 g/mol. The van der Waals surface area contributed by atoms with E-state index in [1.54, 1.807) is 0 Å². The molecule has 0 aliphatic carbocycles. The molecule has 0 aromatic carbocycles. The van der Waals surface area contributed by atoms with E-state index in [9.17, 15) is 19.4 Å². The van der Waals surface area contributed by atoms with E-state index < -0.39 is 20.0 Å². The van der Waals surface area contributed by atoms with Crippen LogP contribution < -0.4 is 5.32 Å². The third-order valence-electron chi connectivity index (χ3n) is 10.3. The van der Waals surface area contributed by atoms with Crippen molar-refractivity contribution in [1.29, 1.82) is 0 Å². The van der Waals surface area contributed by atoms with Gasteiger partial charge in [0.15, 0.2) is 0 Å². The van der Waals surface area contributed by atoms with E-state index in [1.807, 2.05) is 21.1 Å². The second-order valence-electron chi connectivity index (χ2n) is 17.1. The van der Waals surface area contributed by atoms with Crippen molar-refractivity contribution < 1.29 is 32.9 Å². The fourth-order valence-corrected chi connectivity index (χ4v) is 7.36. The predicted octanol–water partition coefficient (Wildman–Crippen LogP) is 13.2. The summed E-state index contributed by atoms with van der Waals surface area (Å²) in [4.78, 5) is 23.1. The Morgan fingerprint density at radius 1 is 0.614 bits per heavy atom. The molecule has 0 rings (SSSR count). The van der Waals surface area contributed by atoms with Crippen molar-refractivity contribution >= 4 is 13.7 Å². The first-order valence-corrected chi connectivity index (χ1v) is 25.0. The van der Waals surface area contributed by atoms with Gasteiger partial charge in [-0.3, -0.25) is 13.8 Å². The van der Waals surface area contributed by atoms with Crippen LogP contribution in [0.1, 0.15) is 200 Å². The highest BCUT2D eigenvalue weighted by molar-refractivity contribution is 7.47. The molecule has 3 atom stereocenters. The molecule has 0 bridgehead atoms. The maximum absolute atomic E-state index is 12.9. The van der Waals surface area contributed by atoms with Crippen LogP contribution in [0.4, 0.5) is 0 Å². The maximum atomic E-state index is 12.9. The van der Waals surface area contributed by atoms with E-state index in [0.29, 0.717) is 23.9 Å². The minimum Gasteiger partial charge on any atom is -0.391 e. The number of amides is 1. The van der Waals surface area contributed by atoms with E-state index in [4.69, 9.17) is 9.05 Å². The zero-order valence-electron chi connectivity index (χ0n) is 37.8. The number of hydrogen-bond acceptors (Lipinski definition) is 5. The summed E-state index contributed by atoms with van der Waals surface area (Å²) < 4.78 is 23.6. The molecule has 0 saturated carbocycles. The Morgan fingerprint density at radius 3 is 1.54 bits per heavy atom. The number of hydrogen-bond donors (Lipinski definition) is 3. The summed E-state index contributed by atoms with van der Waals surface area (Å²) in [6, 6.07) is -0.760. The summed E-state index contributed by atoms with van der Waals surface area (Å²) in [5, 5.41) is 13.9. The minimum atomic E-state index is -4.31. The maximum Gasteiger partial charge on any atom is 0.472 e. The van der Waals surface area contributed by atoms with Gasteiger partial charge in [-0.1, -0.05) is 191 Å². The first-order valence-electron chi connectivity index (χ1n) is 23.5. The van der Waals surface area contributed by atoms with Gasteiger partial charge in [0.1, 0.15) is 13.2 Å². The first kappa shape index (κ1) is 55.5. The van der Waals surface area contributed by atoms with E-state index in [2.05, 4.69) is 67.8 Å². The van der Waals surface area contributed by atoms with Gasteiger partial charge in [0.25, 0.3) is 0 Å². The first-order chi connectivity index (χ1) is 27.5. The molecule has 1 amide bonds. The van der Waals surface area contributed by atoms with Crippen molar-refractivity contribution in [2.75, 3.05) is 40.9 Å². The lowest BCUT2D eigenvalue weighted by Crippen LogP contribution is -2.46. The minimum absolute atomic E-state index is 0.0731. The van der Waals surface area contributed by atoms with Crippen LogP contribution in [-0.4, -0.2) is 73.4 Å². The molecule has 0 aliphatic rings. The van der Waals surface area contributed by atoms with Gasteiger partial charge in [0.2, 0.25) is 5.91 Å². The van der Waals surface area contributed by atoms with Crippen LogP contribution >= 0.6 is 7.82 Å². The summed E-state index contributed by atoms with van der Waals surface area (Å²) in [6.45, 7) is 4.75. The third kappa shape index (κ3) is 42.4. The smallest absolute Gasteiger partial charge is 0.391 e. The van der Waals surface area contributed by atoms with Crippen LogP contribution in [-0.2, 0) is 18.4 Å². The third-order valence-corrected chi connectivity index (χ3v) is 11.3. The number of aliphatic hydroxyl groups excluding tert-OH is 1. The lowest BCUT2D eigenvalue weighted by molar-refractivity contribution is -0.870. The summed E-state index contributed by atoms with van der Waals surface area (Å²) in [5.41, 5.74) is 0. The molecule has 0 fully saturated rings. The molecule has 0 heterocycles. The Hall–Kier alpha value is -1.54. The number of phosphoric acid groups is 1. The quantitative estimate of drug-likeness (QED) is 0.0245. The Kier molecular flexibility index (Phi) is 38.8. The number of carbonyl (C=O) groups is 1. The number of quaternary nitrogens is 1. The number of likely N-dealkylation sites (N-methyl/N-ethyl adjacent to an activating group) is 1. The molecule has 0 spiro atoms. The highest BCUT2D eigenvalue weighted by atomic mass is 31.2. The summed E-state index contributed by atoms with van der Waals surface area (Å²) in [7, 11) is 1.61. The Balaban J connectivity index is 4.16. The fraction of sp³-hybridized carbons (Fsp3) is 0.812. The van der Waals surface area contributed by atoms with E-state index in [0.717, 1.165) is 64.2 Å². The SMILES string of the molecule is CC/C=C\C/C=C\C/C=C\C/C=C\CCCCCCCCCCCCCCC(=O)NC(COP(=O)(O)OCC[N+](C)(C)C)C(O)CCCCCCCCCCCC. The van der Waals surface area contributed by atoms with Crippen molar-refractivity contribution in [2.45, 2.75) is 212 Å². The molecular weight excluding hydrogens is 732 g/mol. The highest BCUT2D eigenvalue weighted by Crippen LogP contribution is 2.43. The zero-order chi connectivity index (χ0) is 42.1. The number of unbranched alkanes of at least 4 members (excludes halogenated alkanes) is 21. The zero-order valence-corrected chi connectivity index (χ0v) is 38.7. The van der Waals surface area contributed by atoms with Gasteiger partial charge in [0.05, 0.1) is 39.9 Å². The largest absolute Gasteiger partial charge is 0.472 e. The number of carbonyl (C=O) groups excluding carboxylic acids is 1. The molecule has 3 N–H and O–H groups in total. The number of rotatable bonds is 42. The molecule has 0 aromatic heterocycles. The van der Waals surface area contributed by atoms with Crippen molar-refractivity contribution in [1.82, 2.24) is 5.32 Å². The van der Waals surface area contributed by atoms with Crippen LogP contribution in [0.2, 0.25) is 0 Å². The van der Waals surface area contributed by atoms with Gasteiger partial charge in [-0.2, -0.15) is 0 Å². The van der Waals surface area contributed by atoms with E-state index >= 15 is 0 Å². The molecule has 8 nitrogen and oxygen atoms in total. The monoisotopic (exact) mass is 824 g/mol. The predicted molar refractivity (Wildman–Crippen MR) is 244 cm³/mol. The normalized spacial score (nSPS) is 14.7. The Morgan fingerprint density at radius 2 is 1.05 bits per heavy atom. The molecule has 334 valence electrons. The number of phosphoric ester groups is 1. The molecule has 0 radical (unpaired) electrons. The van der Waals surface area contributed by atoms with Gasteiger partial charge in [-0.15, -0.1) is 0 Å². The number of nitrogens with zero attached hydrogens (tertiary/aromatic N) is 1. The summed E-state index contributed by atoms with van der Waals surface area (Å²) in [5.74, 6) is -0.150. The molecule has 57 heavy (non-hydrogen) atoms. The number of nitrogens with one attached hydrogen (secondary N) is 1. The van der Waals surface area contributed by atoms with Gasteiger partial charge in [-0.25, -0.2) is 4.57 Å². The van der Waals surface area contributed by atoms with Crippen LogP contribution in [0.25, 0.3) is 0 Å². The van der Waals surface area contributed by atoms with Crippen LogP contribution in [0.3, 0.4) is 0 Å². The Labute approximate surface area is 352 Å². The average Bonchev–Trinajstić information content (AvgIpc) is 3.16. The summed E-state index contributed by atoms with van der Waals surface area (Å²) in [6.07, 6.45) is 50.0. The molecular formula is C48H92N2O6P+. The van der Waals surface area contributed by atoms with Crippen molar-refractivity contribution in [3.8, 4) is 0 Å². The van der Waals surface area contributed by atoms with E-state index in [1.165, 1.54) is 109 Å².